The lowest BCUT2D eigenvalue weighted by molar-refractivity contribution is -0.121. The lowest BCUT2D eigenvalue weighted by Crippen LogP contribution is -2.23. The standard InChI is InChI=1S/C19H19N3O2/c1-13-10-16-4-2-14(11-17(16)22-19(13)24)3-5-18(23)21-12-15-6-8-20-9-7-15/h2,4,6-11H,3,5,12H2,1H3,(H,21,23)(H,22,24). The zero-order valence-electron chi connectivity index (χ0n) is 13.5. The summed E-state index contributed by atoms with van der Waals surface area (Å²) in [5.41, 5.74) is 3.49. The predicted molar refractivity (Wildman–Crippen MR) is 93.7 cm³/mol. The van der Waals surface area contributed by atoms with Crippen LogP contribution in [0.15, 0.2) is 53.6 Å². The highest BCUT2D eigenvalue weighted by atomic mass is 16.1. The van der Waals surface area contributed by atoms with Gasteiger partial charge in [0.1, 0.15) is 0 Å². The first-order valence-electron chi connectivity index (χ1n) is 7.90. The number of fused-ring (bicyclic) bond motifs is 1. The number of pyridine rings is 2. The van der Waals surface area contributed by atoms with Crippen molar-refractivity contribution < 1.29 is 4.79 Å². The molecule has 5 heteroatoms. The third-order valence-electron chi connectivity index (χ3n) is 3.98. The van der Waals surface area contributed by atoms with E-state index < -0.39 is 0 Å². The number of hydrogen-bond donors (Lipinski definition) is 2. The molecule has 5 nitrogen and oxygen atoms in total. The van der Waals surface area contributed by atoms with Gasteiger partial charge in [0, 0.05) is 36.4 Å². The predicted octanol–water partition coefficient (Wildman–Crippen LogP) is 2.48. The molecule has 0 saturated heterocycles. The molecular formula is C19H19N3O2. The van der Waals surface area contributed by atoms with Crippen LogP contribution in [-0.2, 0) is 17.8 Å². The summed E-state index contributed by atoms with van der Waals surface area (Å²) in [6, 6.07) is 11.5. The summed E-state index contributed by atoms with van der Waals surface area (Å²) >= 11 is 0. The molecule has 0 aliphatic rings. The van der Waals surface area contributed by atoms with E-state index in [0.29, 0.717) is 24.9 Å². The molecule has 0 radical (unpaired) electrons. The smallest absolute Gasteiger partial charge is 0.251 e. The summed E-state index contributed by atoms with van der Waals surface area (Å²) in [6.07, 6.45) is 4.46. The van der Waals surface area contributed by atoms with Crippen LogP contribution in [0.3, 0.4) is 0 Å². The molecule has 1 aromatic carbocycles. The van der Waals surface area contributed by atoms with Crippen molar-refractivity contribution in [2.24, 2.45) is 0 Å². The van der Waals surface area contributed by atoms with Gasteiger partial charge >= 0.3 is 0 Å². The van der Waals surface area contributed by atoms with E-state index in [9.17, 15) is 9.59 Å². The van der Waals surface area contributed by atoms with E-state index in [1.165, 1.54) is 0 Å². The molecule has 3 rings (SSSR count). The Labute approximate surface area is 139 Å². The number of benzene rings is 1. The Bertz CT molecular complexity index is 917. The van der Waals surface area contributed by atoms with Crippen molar-refractivity contribution in [2.75, 3.05) is 0 Å². The minimum atomic E-state index is -0.0743. The van der Waals surface area contributed by atoms with E-state index in [1.54, 1.807) is 19.3 Å². The molecule has 0 spiro atoms. The van der Waals surface area contributed by atoms with Gasteiger partial charge in [-0.1, -0.05) is 12.1 Å². The second kappa shape index (κ2) is 7.08. The van der Waals surface area contributed by atoms with E-state index in [4.69, 9.17) is 0 Å². The number of aryl methyl sites for hydroxylation is 2. The average Bonchev–Trinajstić information content (AvgIpc) is 2.60. The van der Waals surface area contributed by atoms with Crippen molar-refractivity contribution in [3.8, 4) is 0 Å². The van der Waals surface area contributed by atoms with Gasteiger partial charge in [-0.15, -0.1) is 0 Å². The number of amides is 1. The molecule has 0 saturated carbocycles. The summed E-state index contributed by atoms with van der Waals surface area (Å²) in [5.74, 6) is 0.00399. The van der Waals surface area contributed by atoms with Crippen molar-refractivity contribution in [3.05, 3.63) is 75.8 Å². The molecule has 0 unspecified atom stereocenters. The maximum atomic E-state index is 12.0. The van der Waals surface area contributed by atoms with Gasteiger partial charge in [-0.2, -0.15) is 0 Å². The molecular weight excluding hydrogens is 302 g/mol. The maximum Gasteiger partial charge on any atom is 0.251 e. The summed E-state index contributed by atoms with van der Waals surface area (Å²) in [7, 11) is 0. The van der Waals surface area contributed by atoms with Crippen molar-refractivity contribution in [1.29, 1.82) is 0 Å². The third-order valence-corrected chi connectivity index (χ3v) is 3.98. The highest BCUT2D eigenvalue weighted by Gasteiger charge is 2.04. The van der Waals surface area contributed by atoms with Crippen LogP contribution in [0.1, 0.15) is 23.1 Å². The Kier molecular flexibility index (Phi) is 4.70. The molecule has 2 heterocycles. The molecule has 122 valence electrons. The van der Waals surface area contributed by atoms with Gasteiger partial charge in [0.05, 0.1) is 0 Å². The molecule has 24 heavy (non-hydrogen) atoms. The fraction of sp³-hybridized carbons (Fsp3) is 0.211. The van der Waals surface area contributed by atoms with Crippen molar-refractivity contribution in [2.45, 2.75) is 26.3 Å². The number of aromatic amines is 1. The number of hydrogen-bond acceptors (Lipinski definition) is 3. The first kappa shape index (κ1) is 15.9. The number of carbonyl (C=O) groups excluding carboxylic acids is 1. The van der Waals surface area contributed by atoms with Gasteiger partial charge in [0.2, 0.25) is 5.91 Å². The average molecular weight is 321 g/mol. The van der Waals surface area contributed by atoms with Crippen LogP contribution < -0.4 is 10.9 Å². The van der Waals surface area contributed by atoms with Crippen molar-refractivity contribution >= 4 is 16.8 Å². The van der Waals surface area contributed by atoms with Crippen LogP contribution in [0.5, 0.6) is 0 Å². The summed E-state index contributed by atoms with van der Waals surface area (Å²) in [4.78, 5) is 30.5. The fourth-order valence-electron chi connectivity index (χ4n) is 2.56. The zero-order chi connectivity index (χ0) is 16.9. The third kappa shape index (κ3) is 3.87. The van der Waals surface area contributed by atoms with Crippen molar-refractivity contribution in [3.63, 3.8) is 0 Å². The monoisotopic (exact) mass is 321 g/mol. The van der Waals surface area contributed by atoms with Crippen LogP contribution in [0.4, 0.5) is 0 Å². The van der Waals surface area contributed by atoms with Gasteiger partial charge < -0.3 is 10.3 Å². The van der Waals surface area contributed by atoms with Crippen molar-refractivity contribution in [1.82, 2.24) is 15.3 Å². The largest absolute Gasteiger partial charge is 0.352 e. The van der Waals surface area contributed by atoms with Gasteiger partial charge in [-0.05, 0) is 54.1 Å². The Morgan fingerprint density at radius 3 is 2.71 bits per heavy atom. The molecule has 0 fully saturated rings. The number of aromatic nitrogens is 2. The number of nitrogens with zero attached hydrogens (tertiary/aromatic N) is 1. The zero-order valence-corrected chi connectivity index (χ0v) is 13.5. The molecule has 0 aliphatic heterocycles. The van der Waals surface area contributed by atoms with Crippen LogP contribution in [0.25, 0.3) is 10.9 Å². The lowest BCUT2D eigenvalue weighted by atomic mass is 10.1. The van der Waals surface area contributed by atoms with E-state index in [2.05, 4.69) is 15.3 Å². The second-order valence-corrected chi connectivity index (χ2v) is 5.84. The minimum absolute atomic E-state index is 0.00399. The van der Waals surface area contributed by atoms with E-state index >= 15 is 0 Å². The molecule has 2 N–H and O–H groups in total. The van der Waals surface area contributed by atoms with Gasteiger partial charge in [0.15, 0.2) is 0 Å². The normalized spacial score (nSPS) is 10.7. The Morgan fingerprint density at radius 1 is 1.12 bits per heavy atom. The fourth-order valence-corrected chi connectivity index (χ4v) is 2.56. The number of nitrogens with one attached hydrogen (secondary N) is 2. The topological polar surface area (TPSA) is 74.8 Å². The molecule has 0 atom stereocenters. The number of rotatable bonds is 5. The first-order valence-corrected chi connectivity index (χ1v) is 7.90. The van der Waals surface area contributed by atoms with E-state index in [-0.39, 0.29) is 11.5 Å². The molecule has 0 bridgehead atoms. The van der Waals surface area contributed by atoms with E-state index in [1.807, 2.05) is 36.4 Å². The number of carbonyl (C=O) groups is 1. The number of H-pyrrole nitrogens is 1. The quantitative estimate of drug-likeness (QED) is 0.758. The summed E-state index contributed by atoms with van der Waals surface area (Å²) in [5, 5.41) is 3.90. The van der Waals surface area contributed by atoms with Gasteiger partial charge in [-0.25, -0.2) is 0 Å². The summed E-state index contributed by atoms with van der Waals surface area (Å²) < 4.78 is 0. The first-order chi connectivity index (χ1) is 11.6. The Hall–Kier alpha value is -2.95. The van der Waals surface area contributed by atoms with Crippen LogP contribution in [0, 0.1) is 6.92 Å². The van der Waals surface area contributed by atoms with E-state index in [0.717, 1.165) is 22.0 Å². The van der Waals surface area contributed by atoms with Crippen LogP contribution >= 0.6 is 0 Å². The molecule has 1 amide bonds. The molecule has 0 aliphatic carbocycles. The Balaban J connectivity index is 1.60. The highest BCUT2D eigenvalue weighted by molar-refractivity contribution is 5.80. The lowest BCUT2D eigenvalue weighted by Gasteiger charge is -2.06. The molecule has 3 aromatic rings. The Morgan fingerprint density at radius 2 is 1.92 bits per heavy atom. The summed E-state index contributed by atoms with van der Waals surface area (Å²) in [6.45, 7) is 2.30. The van der Waals surface area contributed by atoms with Crippen LogP contribution in [-0.4, -0.2) is 15.9 Å². The van der Waals surface area contributed by atoms with Gasteiger partial charge in [-0.3, -0.25) is 14.6 Å². The highest BCUT2D eigenvalue weighted by Crippen LogP contribution is 2.14. The minimum Gasteiger partial charge on any atom is -0.352 e. The maximum absolute atomic E-state index is 12.0. The second-order valence-electron chi connectivity index (χ2n) is 5.84. The molecule has 2 aromatic heterocycles. The SMILES string of the molecule is Cc1cc2ccc(CCC(=O)NCc3ccncc3)cc2[nH]c1=O. The van der Waals surface area contributed by atoms with Gasteiger partial charge in [0.25, 0.3) is 5.56 Å². The van der Waals surface area contributed by atoms with Crippen LogP contribution in [0.2, 0.25) is 0 Å².